The second-order valence-electron chi connectivity index (χ2n) is 7.84. The van der Waals surface area contributed by atoms with Crippen LogP contribution in [-0.2, 0) is 25.6 Å². The topological polar surface area (TPSA) is 99.9 Å². The molecule has 0 aromatic carbocycles. The van der Waals surface area contributed by atoms with Crippen LogP contribution in [0.2, 0.25) is 0 Å². The van der Waals surface area contributed by atoms with Gasteiger partial charge < -0.3 is 23.9 Å². The lowest BCUT2D eigenvalue weighted by Gasteiger charge is -2.38. The molecule has 4 rings (SSSR count). The lowest BCUT2D eigenvalue weighted by atomic mass is 9.81. The number of aromatic carboxylic acids is 1. The molecule has 1 aliphatic heterocycles. The number of fused-ring (bicyclic) bond motifs is 1. The summed E-state index contributed by atoms with van der Waals surface area (Å²) in [7, 11) is 0. The molecule has 0 radical (unpaired) electrons. The zero-order valence-electron chi connectivity index (χ0n) is 16.7. The Balaban J connectivity index is 1.70. The monoisotopic (exact) mass is 402 g/mol. The zero-order chi connectivity index (χ0) is 20.6. The van der Waals surface area contributed by atoms with E-state index in [0.717, 1.165) is 25.7 Å². The predicted octanol–water partition coefficient (Wildman–Crippen LogP) is 3.29. The minimum Gasteiger partial charge on any atom is -0.478 e. The lowest BCUT2D eigenvalue weighted by molar-refractivity contribution is -0.184. The zero-order valence-corrected chi connectivity index (χ0v) is 16.7. The molecular formula is C21H26N2O6. The van der Waals surface area contributed by atoms with Crippen LogP contribution in [0.4, 0.5) is 0 Å². The smallest absolute Gasteiger partial charge is 0.338 e. The highest BCUT2D eigenvalue weighted by Crippen LogP contribution is 2.43. The van der Waals surface area contributed by atoms with Crippen molar-refractivity contribution < 1.29 is 28.9 Å². The fourth-order valence-electron chi connectivity index (χ4n) is 4.74. The Bertz CT molecular complexity index is 921. The molecule has 2 aromatic rings. The highest BCUT2D eigenvalue weighted by Gasteiger charge is 2.42. The van der Waals surface area contributed by atoms with Gasteiger partial charge in [0, 0.05) is 37.4 Å². The van der Waals surface area contributed by atoms with E-state index in [4.69, 9.17) is 14.2 Å². The molecule has 0 amide bonds. The first-order valence-electron chi connectivity index (χ1n) is 10.0. The van der Waals surface area contributed by atoms with Gasteiger partial charge in [-0.1, -0.05) is 0 Å². The van der Waals surface area contributed by atoms with Gasteiger partial charge in [0.05, 0.1) is 24.5 Å². The van der Waals surface area contributed by atoms with Crippen LogP contribution in [0.1, 0.15) is 61.6 Å². The van der Waals surface area contributed by atoms with Gasteiger partial charge in [-0.05, 0) is 37.8 Å². The summed E-state index contributed by atoms with van der Waals surface area (Å²) in [5.74, 6) is -1.64. The van der Waals surface area contributed by atoms with Crippen molar-refractivity contribution in [1.82, 2.24) is 9.55 Å². The number of hydrogen-bond acceptors (Lipinski definition) is 6. The number of ether oxygens (including phenoxy) is 3. The normalized spacial score (nSPS) is 20.2. The fraction of sp³-hybridized carbons (Fsp3) is 0.571. The van der Waals surface area contributed by atoms with Gasteiger partial charge >= 0.3 is 11.9 Å². The highest BCUT2D eigenvalue weighted by atomic mass is 16.7. The van der Waals surface area contributed by atoms with Crippen LogP contribution in [-0.4, -0.2) is 45.6 Å². The van der Waals surface area contributed by atoms with E-state index in [1.54, 1.807) is 18.3 Å². The van der Waals surface area contributed by atoms with E-state index in [2.05, 4.69) is 11.9 Å². The number of aromatic nitrogens is 2. The van der Waals surface area contributed by atoms with Crippen LogP contribution in [0.5, 0.6) is 0 Å². The van der Waals surface area contributed by atoms with E-state index in [0.29, 0.717) is 35.9 Å². The summed E-state index contributed by atoms with van der Waals surface area (Å²) in [4.78, 5) is 27.9. The number of carboxylic acids is 1. The van der Waals surface area contributed by atoms with Crippen molar-refractivity contribution in [2.45, 2.75) is 58.0 Å². The second kappa shape index (κ2) is 7.76. The van der Waals surface area contributed by atoms with E-state index in [9.17, 15) is 14.7 Å². The number of carbonyl (C=O) groups is 2. The number of hydrogen-bond donors (Lipinski definition) is 1. The molecule has 1 atom stereocenters. The number of esters is 1. The van der Waals surface area contributed by atoms with Crippen molar-refractivity contribution in [3.05, 3.63) is 29.6 Å². The summed E-state index contributed by atoms with van der Waals surface area (Å²) in [5, 5.41) is 10.4. The first-order chi connectivity index (χ1) is 13.9. The van der Waals surface area contributed by atoms with Crippen molar-refractivity contribution in [1.29, 1.82) is 0 Å². The molecule has 1 spiro atoms. The minimum absolute atomic E-state index is 0.00943. The second-order valence-corrected chi connectivity index (χ2v) is 7.84. The molecule has 2 aromatic heterocycles. The molecule has 8 nitrogen and oxygen atoms in total. The van der Waals surface area contributed by atoms with E-state index >= 15 is 0 Å². The fourth-order valence-corrected chi connectivity index (χ4v) is 4.74. The van der Waals surface area contributed by atoms with E-state index in [1.807, 2.05) is 4.57 Å². The SMILES string of the molecule is CC(=O)OCc1c(C(=O)O)c2cccnc2n1C(C)C1CCC2(CC1)OCCO2. The largest absolute Gasteiger partial charge is 0.478 e. The quantitative estimate of drug-likeness (QED) is 0.766. The third-order valence-electron chi connectivity index (χ3n) is 6.18. The first-order valence-corrected chi connectivity index (χ1v) is 10.0. The molecule has 0 bridgehead atoms. The Hall–Kier alpha value is -2.45. The van der Waals surface area contributed by atoms with Crippen molar-refractivity contribution in [3.8, 4) is 0 Å². The molecule has 2 aliphatic rings. The summed E-state index contributed by atoms with van der Waals surface area (Å²) in [6, 6.07) is 3.46. The Morgan fingerprint density at radius 2 is 2.03 bits per heavy atom. The number of rotatable bonds is 5. The van der Waals surface area contributed by atoms with Gasteiger partial charge in [0.25, 0.3) is 0 Å². The Labute approximate surface area is 168 Å². The highest BCUT2D eigenvalue weighted by molar-refractivity contribution is 6.04. The van der Waals surface area contributed by atoms with E-state index in [1.165, 1.54) is 6.92 Å². The molecule has 156 valence electrons. The van der Waals surface area contributed by atoms with Crippen LogP contribution in [0.15, 0.2) is 18.3 Å². The summed E-state index contributed by atoms with van der Waals surface area (Å²) in [5.41, 5.74) is 1.23. The molecule has 3 heterocycles. The van der Waals surface area contributed by atoms with Crippen molar-refractivity contribution in [2.75, 3.05) is 13.2 Å². The summed E-state index contributed by atoms with van der Waals surface area (Å²) in [6.07, 6.45) is 5.11. The third-order valence-corrected chi connectivity index (χ3v) is 6.18. The van der Waals surface area contributed by atoms with Crippen molar-refractivity contribution in [2.24, 2.45) is 5.92 Å². The van der Waals surface area contributed by atoms with Crippen LogP contribution >= 0.6 is 0 Å². The Morgan fingerprint density at radius 1 is 1.34 bits per heavy atom. The molecule has 1 unspecified atom stereocenters. The molecule has 29 heavy (non-hydrogen) atoms. The number of carboxylic acid groups (broad SMARTS) is 1. The van der Waals surface area contributed by atoms with Crippen molar-refractivity contribution in [3.63, 3.8) is 0 Å². The molecule has 8 heteroatoms. The summed E-state index contributed by atoms with van der Waals surface area (Å²) in [6.45, 7) is 4.58. The average Bonchev–Trinajstić information content (AvgIpc) is 3.28. The van der Waals surface area contributed by atoms with Gasteiger partial charge in [0.2, 0.25) is 0 Å². The number of carbonyl (C=O) groups excluding carboxylic acids is 1. The van der Waals surface area contributed by atoms with Crippen LogP contribution < -0.4 is 0 Å². The maximum Gasteiger partial charge on any atom is 0.338 e. The van der Waals surface area contributed by atoms with Gasteiger partial charge in [0.1, 0.15) is 12.3 Å². The van der Waals surface area contributed by atoms with E-state index < -0.39 is 17.7 Å². The minimum atomic E-state index is -1.05. The first kappa shape index (κ1) is 19.8. The van der Waals surface area contributed by atoms with Crippen LogP contribution in [0.3, 0.4) is 0 Å². The molecule has 1 aliphatic carbocycles. The van der Waals surface area contributed by atoms with E-state index in [-0.39, 0.29) is 18.2 Å². The maximum absolute atomic E-state index is 12.0. The Morgan fingerprint density at radius 3 is 2.66 bits per heavy atom. The molecule has 1 N–H and O–H groups in total. The maximum atomic E-state index is 12.0. The predicted molar refractivity (Wildman–Crippen MR) is 103 cm³/mol. The summed E-state index contributed by atoms with van der Waals surface area (Å²) < 4.78 is 18.8. The molecular weight excluding hydrogens is 376 g/mol. The number of nitrogens with zero attached hydrogens (tertiary/aromatic N) is 2. The lowest BCUT2D eigenvalue weighted by Crippen LogP contribution is -2.37. The Kier molecular flexibility index (Phi) is 5.31. The van der Waals surface area contributed by atoms with Crippen molar-refractivity contribution >= 4 is 23.0 Å². The van der Waals surface area contributed by atoms with Gasteiger partial charge in [0.15, 0.2) is 5.79 Å². The molecule has 1 saturated carbocycles. The van der Waals surface area contributed by atoms with Gasteiger partial charge in [-0.15, -0.1) is 0 Å². The van der Waals surface area contributed by atoms with Gasteiger partial charge in [-0.25, -0.2) is 9.78 Å². The van der Waals surface area contributed by atoms with Gasteiger partial charge in [-0.3, -0.25) is 4.79 Å². The average molecular weight is 402 g/mol. The molecule has 1 saturated heterocycles. The standard InChI is InChI=1S/C21H26N2O6/c1-13(15-5-7-21(8-6-15)28-10-11-29-21)23-17(12-27-14(2)24)18(20(25)26)16-4-3-9-22-19(16)23/h3-4,9,13,15H,5-8,10-12H2,1-2H3,(H,25,26). The summed E-state index contributed by atoms with van der Waals surface area (Å²) >= 11 is 0. The third kappa shape index (κ3) is 3.62. The molecule has 2 fully saturated rings. The van der Waals surface area contributed by atoms with Crippen LogP contribution in [0, 0.1) is 5.92 Å². The van der Waals surface area contributed by atoms with Crippen LogP contribution in [0.25, 0.3) is 11.0 Å². The number of pyridine rings is 1. The van der Waals surface area contributed by atoms with Gasteiger partial charge in [-0.2, -0.15) is 0 Å².